The van der Waals surface area contributed by atoms with Gasteiger partial charge in [-0.2, -0.15) is 4.98 Å². The van der Waals surface area contributed by atoms with Gasteiger partial charge in [-0.15, -0.1) is 0 Å². The van der Waals surface area contributed by atoms with E-state index in [9.17, 15) is 0 Å². The van der Waals surface area contributed by atoms with Crippen LogP contribution in [-0.4, -0.2) is 24.1 Å². The van der Waals surface area contributed by atoms with E-state index in [0.29, 0.717) is 5.95 Å². The van der Waals surface area contributed by atoms with Crippen molar-refractivity contribution < 1.29 is 0 Å². The second kappa shape index (κ2) is 5.89. The summed E-state index contributed by atoms with van der Waals surface area (Å²) in [7, 11) is 3.82. The Morgan fingerprint density at radius 2 is 2.16 bits per heavy atom. The Kier molecular flexibility index (Phi) is 4.22. The first-order valence-corrected chi connectivity index (χ1v) is 6.45. The lowest BCUT2D eigenvalue weighted by Gasteiger charge is -2.20. The van der Waals surface area contributed by atoms with Crippen LogP contribution in [-0.2, 0) is 6.54 Å². The third-order valence-electron chi connectivity index (χ3n) is 2.84. The number of aryl methyl sites for hydroxylation is 1. The molecule has 0 aliphatic carbocycles. The number of nitrogens with one attached hydrogen (secondary N) is 1. The second-order valence-corrected chi connectivity index (χ2v) is 4.87. The van der Waals surface area contributed by atoms with Gasteiger partial charge < -0.3 is 10.2 Å². The van der Waals surface area contributed by atoms with Gasteiger partial charge in [0.1, 0.15) is 5.82 Å². The molecule has 0 bridgehead atoms. The number of aromatic nitrogens is 2. The fraction of sp³-hybridized carbons (Fsp3) is 0.286. The highest BCUT2D eigenvalue weighted by molar-refractivity contribution is 6.30. The van der Waals surface area contributed by atoms with Crippen molar-refractivity contribution in [1.82, 2.24) is 9.97 Å². The summed E-state index contributed by atoms with van der Waals surface area (Å²) < 4.78 is 0. The highest BCUT2D eigenvalue weighted by atomic mass is 35.5. The van der Waals surface area contributed by atoms with Gasteiger partial charge in [-0.25, -0.2) is 4.98 Å². The van der Waals surface area contributed by atoms with Crippen LogP contribution in [0.5, 0.6) is 0 Å². The Balaban J connectivity index is 2.22. The molecular weight excluding hydrogens is 260 g/mol. The van der Waals surface area contributed by atoms with Gasteiger partial charge in [0.2, 0.25) is 5.95 Å². The van der Waals surface area contributed by atoms with Crippen molar-refractivity contribution in [2.24, 2.45) is 0 Å². The smallest absolute Gasteiger partial charge is 0.224 e. The zero-order valence-electron chi connectivity index (χ0n) is 11.3. The molecule has 2 aromatic rings. The molecule has 0 radical (unpaired) electrons. The zero-order valence-corrected chi connectivity index (χ0v) is 12.1. The fourth-order valence-corrected chi connectivity index (χ4v) is 2.14. The van der Waals surface area contributed by atoms with Crippen LogP contribution >= 0.6 is 11.6 Å². The monoisotopic (exact) mass is 276 g/mol. The fourth-order valence-electron chi connectivity index (χ4n) is 1.92. The Morgan fingerprint density at radius 1 is 1.37 bits per heavy atom. The van der Waals surface area contributed by atoms with Crippen LogP contribution in [0, 0.1) is 6.92 Å². The van der Waals surface area contributed by atoms with E-state index in [1.165, 1.54) is 0 Å². The molecule has 2 rings (SSSR count). The maximum Gasteiger partial charge on any atom is 0.224 e. The van der Waals surface area contributed by atoms with Crippen molar-refractivity contribution in [3.8, 4) is 0 Å². The average Bonchev–Trinajstić information content (AvgIpc) is 2.39. The lowest BCUT2D eigenvalue weighted by Crippen LogP contribution is -2.19. The number of hydrogen-bond donors (Lipinski definition) is 1. The average molecular weight is 277 g/mol. The molecule has 0 saturated heterocycles. The second-order valence-electron chi connectivity index (χ2n) is 4.44. The molecular formula is C14H17ClN4. The van der Waals surface area contributed by atoms with Crippen LogP contribution < -0.4 is 10.2 Å². The number of nitrogens with zero attached hydrogens (tertiary/aromatic N) is 3. The van der Waals surface area contributed by atoms with Crippen LogP contribution in [0.3, 0.4) is 0 Å². The number of hydrogen-bond acceptors (Lipinski definition) is 4. The van der Waals surface area contributed by atoms with Crippen molar-refractivity contribution >= 4 is 23.4 Å². The molecule has 0 spiro atoms. The Morgan fingerprint density at radius 3 is 2.84 bits per heavy atom. The molecule has 5 heteroatoms. The molecule has 1 N–H and O–H groups in total. The molecule has 0 atom stereocenters. The summed E-state index contributed by atoms with van der Waals surface area (Å²) in [4.78, 5) is 10.8. The molecule has 1 heterocycles. The summed E-state index contributed by atoms with van der Waals surface area (Å²) in [5.74, 6) is 1.54. The van der Waals surface area contributed by atoms with E-state index < -0.39 is 0 Å². The predicted octanol–water partition coefficient (Wildman–Crippen LogP) is 3.12. The van der Waals surface area contributed by atoms with Crippen molar-refractivity contribution in [3.05, 3.63) is 46.6 Å². The van der Waals surface area contributed by atoms with E-state index in [4.69, 9.17) is 11.6 Å². The molecule has 0 unspecified atom stereocenters. The highest BCUT2D eigenvalue weighted by Gasteiger charge is 2.09. The summed E-state index contributed by atoms with van der Waals surface area (Å²) in [6.07, 6.45) is 1.82. The molecule has 0 aliphatic rings. The summed E-state index contributed by atoms with van der Waals surface area (Å²) >= 11 is 6.00. The lowest BCUT2D eigenvalue weighted by atomic mass is 10.2. The van der Waals surface area contributed by atoms with Gasteiger partial charge in [0.05, 0.1) is 0 Å². The highest BCUT2D eigenvalue weighted by Crippen LogP contribution is 2.19. The molecule has 19 heavy (non-hydrogen) atoms. The van der Waals surface area contributed by atoms with Crippen LogP contribution in [0.2, 0.25) is 5.02 Å². The van der Waals surface area contributed by atoms with Gasteiger partial charge in [0, 0.05) is 37.4 Å². The first-order chi connectivity index (χ1) is 9.10. The molecule has 100 valence electrons. The number of benzene rings is 1. The zero-order chi connectivity index (χ0) is 13.8. The number of halogens is 1. The Hall–Kier alpha value is -1.81. The van der Waals surface area contributed by atoms with E-state index in [1.54, 1.807) is 0 Å². The first-order valence-electron chi connectivity index (χ1n) is 6.07. The van der Waals surface area contributed by atoms with E-state index >= 15 is 0 Å². The van der Waals surface area contributed by atoms with Crippen LogP contribution in [0.25, 0.3) is 0 Å². The molecule has 4 nitrogen and oxygen atoms in total. The van der Waals surface area contributed by atoms with Crippen LogP contribution in [0.1, 0.15) is 11.1 Å². The van der Waals surface area contributed by atoms with Gasteiger partial charge in [-0.05, 0) is 24.6 Å². The minimum atomic E-state index is 0.624. The molecule has 1 aromatic heterocycles. The van der Waals surface area contributed by atoms with Crippen molar-refractivity contribution in [1.29, 1.82) is 0 Å². The maximum absolute atomic E-state index is 6.00. The van der Waals surface area contributed by atoms with Gasteiger partial charge in [-0.3, -0.25) is 0 Å². The van der Waals surface area contributed by atoms with Gasteiger partial charge in [0.25, 0.3) is 0 Å². The van der Waals surface area contributed by atoms with Crippen molar-refractivity contribution in [2.75, 3.05) is 24.3 Å². The topological polar surface area (TPSA) is 41.1 Å². The van der Waals surface area contributed by atoms with Crippen LogP contribution in [0.4, 0.5) is 11.8 Å². The molecule has 0 saturated carbocycles. The van der Waals surface area contributed by atoms with E-state index in [1.807, 2.05) is 45.4 Å². The third-order valence-corrected chi connectivity index (χ3v) is 3.07. The lowest BCUT2D eigenvalue weighted by molar-refractivity contribution is 0.883. The quantitative estimate of drug-likeness (QED) is 0.932. The van der Waals surface area contributed by atoms with Gasteiger partial charge in [-0.1, -0.05) is 23.7 Å². The molecule has 0 amide bonds. The first kappa shape index (κ1) is 13.6. The Labute approximate surface area is 118 Å². The summed E-state index contributed by atoms with van der Waals surface area (Å²) in [6.45, 7) is 2.75. The van der Waals surface area contributed by atoms with Crippen LogP contribution in [0.15, 0.2) is 30.5 Å². The maximum atomic E-state index is 6.00. The largest absolute Gasteiger partial charge is 0.357 e. The van der Waals surface area contributed by atoms with Crippen molar-refractivity contribution in [2.45, 2.75) is 13.5 Å². The SMILES string of the molecule is CNc1ncc(C)c(N(C)Cc2cccc(Cl)c2)n1. The van der Waals surface area contributed by atoms with Gasteiger partial charge in [0.15, 0.2) is 0 Å². The molecule has 0 fully saturated rings. The summed E-state index contributed by atoms with van der Waals surface area (Å²) in [5, 5.41) is 3.70. The van der Waals surface area contributed by atoms with E-state index in [2.05, 4.69) is 26.3 Å². The molecule has 1 aromatic carbocycles. The predicted molar refractivity (Wildman–Crippen MR) is 79.9 cm³/mol. The standard InChI is InChI=1S/C14H17ClN4/c1-10-8-17-14(16-2)18-13(10)19(3)9-11-5-4-6-12(15)7-11/h4-8H,9H2,1-3H3,(H,16,17,18). The van der Waals surface area contributed by atoms with E-state index in [0.717, 1.165) is 28.5 Å². The Bertz CT molecular complexity index is 571. The minimum absolute atomic E-state index is 0.624. The third kappa shape index (κ3) is 3.35. The van der Waals surface area contributed by atoms with Gasteiger partial charge >= 0.3 is 0 Å². The molecule has 0 aliphatic heterocycles. The van der Waals surface area contributed by atoms with Crippen molar-refractivity contribution in [3.63, 3.8) is 0 Å². The van der Waals surface area contributed by atoms with E-state index in [-0.39, 0.29) is 0 Å². The normalized spacial score (nSPS) is 10.3. The summed E-state index contributed by atoms with van der Waals surface area (Å²) in [6, 6.07) is 7.85. The number of rotatable bonds is 4. The number of anilines is 2. The summed E-state index contributed by atoms with van der Waals surface area (Å²) in [5.41, 5.74) is 2.20. The minimum Gasteiger partial charge on any atom is -0.357 e.